The predicted molar refractivity (Wildman–Crippen MR) is 145 cm³/mol. The van der Waals surface area contributed by atoms with Crippen LogP contribution in [0, 0.1) is 0 Å². The summed E-state index contributed by atoms with van der Waals surface area (Å²) in [7, 11) is 0. The lowest BCUT2D eigenvalue weighted by atomic mass is 10.1. The average Bonchev–Trinajstić information content (AvgIpc) is 3.15. The molecule has 1 aliphatic rings. The fourth-order valence-electron chi connectivity index (χ4n) is 3.85. The fourth-order valence-corrected chi connectivity index (χ4v) is 4.06. The van der Waals surface area contributed by atoms with Crippen LogP contribution in [0.3, 0.4) is 0 Å². The number of nitrogens with zero attached hydrogens (tertiary/aromatic N) is 1. The van der Waals surface area contributed by atoms with Crippen LogP contribution in [0.1, 0.15) is 39.6 Å². The number of carbonyl (C=O) groups is 4. The molecular weight excluding hydrogens is 506 g/mol. The molecule has 0 aromatic heterocycles. The summed E-state index contributed by atoms with van der Waals surface area (Å²) in [5.74, 6) is -2.24. The second-order valence-corrected chi connectivity index (χ2v) is 8.90. The first-order valence-corrected chi connectivity index (χ1v) is 12.5. The lowest BCUT2D eigenvalue weighted by molar-refractivity contribution is -0.120. The zero-order valence-corrected chi connectivity index (χ0v) is 21.5. The summed E-state index contributed by atoms with van der Waals surface area (Å²) in [5, 5.41) is 5.45. The standard InChI is InChI=1S/C29H26ClN3O5/c1-2-16-38-29(37)21-11-7-13-23(18-21)33-27(35)24(30)25(28(33)36)32-22-12-6-10-20(17-22)26(34)31-15-14-19-8-4-3-5-9-19/h3-13,17-18,32H,2,14-16H2,1H3,(H,31,34). The van der Waals surface area contributed by atoms with Crippen LogP contribution < -0.4 is 15.5 Å². The molecule has 3 aromatic carbocycles. The number of esters is 1. The molecule has 1 aliphatic heterocycles. The fraction of sp³-hybridized carbons (Fsp3) is 0.172. The Morgan fingerprint density at radius 2 is 1.63 bits per heavy atom. The molecule has 9 heteroatoms. The van der Waals surface area contributed by atoms with Gasteiger partial charge in [-0.1, -0.05) is 61.0 Å². The summed E-state index contributed by atoms with van der Waals surface area (Å²) in [6, 6.07) is 22.4. The second kappa shape index (κ2) is 12.2. The number of halogens is 1. The van der Waals surface area contributed by atoms with Crippen molar-refractivity contribution in [2.75, 3.05) is 23.4 Å². The molecule has 4 rings (SSSR count). The minimum atomic E-state index is -0.729. The molecule has 8 nitrogen and oxygen atoms in total. The Labute approximate surface area is 225 Å². The monoisotopic (exact) mass is 531 g/mol. The zero-order valence-electron chi connectivity index (χ0n) is 20.7. The van der Waals surface area contributed by atoms with Gasteiger partial charge in [0.05, 0.1) is 17.9 Å². The molecule has 0 fully saturated rings. The average molecular weight is 532 g/mol. The summed E-state index contributed by atoms with van der Waals surface area (Å²) in [6.07, 6.45) is 1.36. The molecule has 1 heterocycles. The lowest BCUT2D eigenvalue weighted by Gasteiger charge is -2.16. The van der Waals surface area contributed by atoms with Crippen molar-refractivity contribution < 1.29 is 23.9 Å². The van der Waals surface area contributed by atoms with Crippen molar-refractivity contribution in [3.8, 4) is 0 Å². The molecule has 3 amide bonds. The van der Waals surface area contributed by atoms with Crippen LogP contribution in [0.4, 0.5) is 11.4 Å². The third-order valence-corrected chi connectivity index (χ3v) is 6.09. The number of carbonyl (C=O) groups excluding carboxylic acids is 4. The Morgan fingerprint density at radius 3 is 2.39 bits per heavy atom. The number of anilines is 2. The number of nitrogens with one attached hydrogen (secondary N) is 2. The van der Waals surface area contributed by atoms with E-state index in [1.54, 1.807) is 30.3 Å². The van der Waals surface area contributed by atoms with Gasteiger partial charge in [0.2, 0.25) is 0 Å². The topological polar surface area (TPSA) is 105 Å². The lowest BCUT2D eigenvalue weighted by Crippen LogP contribution is -2.32. The van der Waals surface area contributed by atoms with E-state index in [-0.39, 0.29) is 34.5 Å². The van der Waals surface area contributed by atoms with Gasteiger partial charge in [-0.05, 0) is 54.8 Å². The molecule has 0 saturated carbocycles. The minimum absolute atomic E-state index is 0.128. The van der Waals surface area contributed by atoms with Gasteiger partial charge in [-0.3, -0.25) is 14.4 Å². The third kappa shape index (κ3) is 6.10. The summed E-state index contributed by atoms with van der Waals surface area (Å²) < 4.78 is 5.14. The van der Waals surface area contributed by atoms with Crippen molar-refractivity contribution >= 4 is 46.7 Å². The molecule has 2 N–H and O–H groups in total. The van der Waals surface area contributed by atoms with Crippen molar-refractivity contribution in [2.45, 2.75) is 19.8 Å². The van der Waals surface area contributed by atoms with Gasteiger partial charge >= 0.3 is 5.97 Å². The first-order chi connectivity index (χ1) is 18.4. The van der Waals surface area contributed by atoms with E-state index in [1.165, 1.54) is 18.2 Å². The Kier molecular flexibility index (Phi) is 8.55. The minimum Gasteiger partial charge on any atom is -0.462 e. The van der Waals surface area contributed by atoms with Gasteiger partial charge in [0.25, 0.3) is 17.7 Å². The molecule has 0 aliphatic carbocycles. The largest absolute Gasteiger partial charge is 0.462 e. The normalized spacial score (nSPS) is 13.1. The van der Waals surface area contributed by atoms with Crippen molar-refractivity contribution in [1.82, 2.24) is 5.32 Å². The highest BCUT2D eigenvalue weighted by Crippen LogP contribution is 2.31. The molecular formula is C29H26ClN3O5. The highest BCUT2D eigenvalue weighted by Gasteiger charge is 2.39. The number of amides is 3. The van der Waals surface area contributed by atoms with Gasteiger partial charge in [0.1, 0.15) is 10.7 Å². The maximum atomic E-state index is 13.2. The first kappa shape index (κ1) is 26.6. The number of rotatable bonds is 10. The van der Waals surface area contributed by atoms with Crippen LogP contribution in [-0.4, -0.2) is 36.8 Å². The third-order valence-electron chi connectivity index (χ3n) is 5.74. The van der Waals surface area contributed by atoms with Gasteiger partial charge < -0.3 is 15.4 Å². The summed E-state index contributed by atoms with van der Waals surface area (Å²) in [6.45, 7) is 2.60. The molecule has 0 saturated heterocycles. The Morgan fingerprint density at radius 1 is 0.895 bits per heavy atom. The van der Waals surface area contributed by atoms with Gasteiger partial charge in [0.15, 0.2) is 0 Å². The molecule has 3 aromatic rings. The first-order valence-electron chi connectivity index (χ1n) is 12.1. The van der Waals surface area contributed by atoms with Gasteiger partial charge in [-0.15, -0.1) is 0 Å². The zero-order chi connectivity index (χ0) is 27.1. The van der Waals surface area contributed by atoms with Crippen molar-refractivity contribution in [3.63, 3.8) is 0 Å². The number of benzene rings is 3. The summed E-state index contributed by atoms with van der Waals surface area (Å²) in [4.78, 5) is 51.8. The maximum absolute atomic E-state index is 13.2. The smallest absolute Gasteiger partial charge is 0.338 e. The number of imide groups is 1. The van der Waals surface area contributed by atoms with E-state index in [2.05, 4.69) is 10.6 Å². The predicted octanol–water partition coefficient (Wildman–Crippen LogP) is 4.66. The Hall–Kier alpha value is -4.43. The maximum Gasteiger partial charge on any atom is 0.338 e. The summed E-state index contributed by atoms with van der Waals surface area (Å²) >= 11 is 6.25. The van der Waals surface area contributed by atoms with E-state index in [4.69, 9.17) is 16.3 Å². The van der Waals surface area contributed by atoms with Crippen LogP contribution in [0.15, 0.2) is 89.6 Å². The van der Waals surface area contributed by atoms with Crippen LogP contribution in [0.2, 0.25) is 0 Å². The van der Waals surface area contributed by atoms with Gasteiger partial charge in [-0.25, -0.2) is 9.69 Å². The van der Waals surface area contributed by atoms with Gasteiger partial charge in [-0.2, -0.15) is 0 Å². The Balaban J connectivity index is 1.44. The molecule has 194 valence electrons. The van der Waals surface area contributed by atoms with Crippen LogP contribution in [0.25, 0.3) is 0 Å². The van der Waals surface area contributed by atoms with E-state index < -0.39 is 17.8 Å². The molecule has 0 radical (unpaired) electrons. The van der Waals surface area contributed by atoms with Crippen LogP contribution >= 0.6 is 11.6 Å². The molecule has 0 atom stereocenters. The SMILES string of the molecule is CCCOC(=O)c1cccc(N2C(=O)C(Cl)=C(Nc3cccc(C(=O)NCCc4ccccc4)c3)C2=O)c1. The van der Waals surface area contributed by atoms with E-state index in [1.807, 2.05) is 37.3 Å². The van der Waals surface area contributed by atoms with E-state index in [9.17, 15) is 19.2 Å². The number of hydrogen-bond donors (Lipinski definition) is 2. The molecule has 38 heavy (non-hydrogen) atoms. The van der Waals surface area contributed by atoms with Crippen LogP contribution in [-0.2, 0) is 20.7 Å². The molecule has 0 bridgehead atoms. The van der Waals surface area contributed by atoms with Crippen molar-refractivity contribution in [3.05, 3.63) is 106 Å². The number of hydrogen-bond acceptors (Lipinski definition) is 6. The molecule has 0 spiro atoms. The van der Waals surface area contributed by atoms with Crippen molar-refractivity contribution in [2.24, 2.45) is 0 Å². The Bertz CT molecular complexity index is 1400. The van der Waals surface area contributed by atoms with Crippen molar-refractivity contribution in [1.29, 1.82) is 0 Å². The van der Waals surface area contributed by atoms with Gasteiger partial charge in [0, 0.05) is 17.8 Å². The molecule has 0 unspecified atom stereocenters. The highest BCUT2D eigenvalue weighted by atomic mass is 35.5. The highest BCUT2D eigenvalue weighted by molar-refractivity contribution is 6.53. The van der Waals surface area contributed by atoms with Crippen LogP contribution in [0.5, 0.6) is 0 Å². The second-order valence-electron chi connectivity index (χ2n) is 8.52. The van der Waals surface area contributed by atoms with E-state index >= 15 is 0 Å². The van der Waals surface area contributed by atoms with E-state index in [0.717, 1.165) is 10.5 Å². The quantitative estimate of drug-likeness (QED) is 0.291. The van der Waals surface area contributed by atoms with E-state index in [0.29, 0.717) is 30.6 Å². The number of ether oxygens (including phenoxy) is 1. The summed E-state index contributed by atoms with van der Waals surface area (Å²) in [5.41, 5.74) is 2.17.